The van der Waals surface area contributed by atoms with Gasteiger partial charge in [0.15, 0.2) is 0 Å². The first-order chi connectivity index (χ1) is 7.79. The highest BCUT2D eigenvalue weighted by atomic mass is 35.5. The van der Waals surface area contributed by atoms with Crippen LogP contribution in [0, 0.1) is 0 Å². The first kappa shape index (κ1) is 13.5. The van der Waals surface area contributed by atoms with Gasteiger partial charge in [-0.15, -0.1) is 0 Å². The molecule has 1 unspecified atom stereocenters. The first-order valence-corrected chi connectivity index (χ1v) is 6.11. The average molecular weight is 242 g/mol. The summed E-state index contributed by atoms with van der Waals surface area (Å²) in [5.41, 5.74) is 1.16. The largest absolute Gasteiger partial charge is 0.384 e. The summed E-state index contributed by atoms with van der Waals surface area (Å²) in [5.74, 6) is 0.324. The van der Waals surface area contributed by atoms with Gasteiger partial charge in [-0.3, -0.25) is 0 Å². The van der Waals surface area contributed by atoms with Crippen molar-refractivity contribution in [3.05, 3.63) is 34.9 Å². The molecule has 0 saturated heterocycles. The van der Waals surface area contributed by atoms with Gasteiger partial charge in [0.25, 0.3) is 0 Å². The lowest BCUT2D eigenvalue weighted by Crippen LogP contribution is -2.25. The predicted octanol–water partition coefficient (Wildman–Crippen LogP) is 3.07. The molecule has 0 amide bonds. The molecule has 0 radical (unpaired) electrons. The maximum absolute atomic E-state index is 6.18. The second-order valence-electron chi connectivity index (χ2n) is 3.88. The zero-order valence-corrected chi connectivity index (χ0v) is 10.8. The minimum absolute atomic E-state index is 0.324. The first-order valence-electron chi connectivity index (χ1n) is 5.73. The van der Waals surface area contributed by atoms with Crippen LogP contribution in [0.3, 0.4) is 0 Å². The van der Waals surface area contributed by atoms with E-state index in [1.807, 2.05) is 18.2 Å². The molecule has 0 spiro atoms. The van der Waals surface area contributed by atoms with Gasteiger partial charge in [0.2, 0.25) is 0 Å². The molecule has 0 aliphatic heterocycles. The van der Waals surface area contributed by atoms with Crippen LogP contribution in [0.1, 0.15) is 24.8 Å². The van der Waals surface area contributed by atoms with E-state index in [1.165, 1.54) is 0 Å². The van der Waals surface area contributed by atoms with Crippen molar-refractivity contribution in [3.63, 3.8) is 0 Å². The van der Waals surface area contributed by atoms with Crippen LogP contribution in [-0.4, -0.2) is 26.8 Å². The lowest BCUT2D eigenvalue weighted by atomic mass is 10.00. The molecule has 0 fully saturated rings. The number of methoxy groups -OCH3 is 1. The Kier molecular flexibility index (Phi) is 6.46. The van der Waals surface area contributed by atoms with Crippen LogP contribution in [0.2, 0.25) is 5.02 Å². The Bertz CT molecular complexity index is 304. The molecule has 2 nitrogen and oxygen atoms in total. The maximum Gasteiger partial charge on any atom is 0.0543 e. The van der Waals surface area contributed by atoms with E-state index < -0.39 is 0 Å². The molecular weight excluding hydrogens is 222 g/mol. The number of nitrogens with one attached hydrogen (secondary N) is 1. The fourth-order valence-corrected chi connectivity index (χ4v) is 2.01. The molecule has 0 aliphatic rings. The van der Waals surface area contributed by atoms with Crippen molar-refractivity contribution < 1.29 is 4.74 Å². The topological polar surface area (TPSA) is 21.3 Å². The Morgan fingerprint density at radius 2 is 2.12 bits per heavy atom. The van der Waals surface area contributed by atoms with Gasteiger partial charge in [-0.2, -0.15) is 0 Å². The van der Waals surface area contributed by atoms with Crippen molar-refractivity contribution in [1.29, 1.82) is 0 Å². The average Bonchev–Trinajstić information content (AvgIpc) is 2.29. The number of hydrogen-bond acceptors (Lipinski definition) is 2. The normalized spacial score (nSPS) is 12.7. The fraction of sp³-hybridized carbons (Fsp3) is 0.538. The van der Waals surface area contributed by atoms with Crippen molar-refractivity contribution in [1.82, 2.24) is 5.32 Å². The molecule has 1 atom stereocenters. The Balaban J connectivity index is 2.65. The van der Waals surface area contributed by atoms with Gasteiger partial charge in [0.1, 0.15) is 0 Å². The molecule has 0 aliphatic carbocycles. The number of halogens is 1. The molecule has 3 heteroatoms. The molecule has 0 aromatic heterocycles. The summed E-state index contributed by atoms with van der Waals surface area (Å²) < 4.78 is 5.25. The van der Waals surface area contributed by atoms with Crippen molar-refractivity contribution >= 4 is 11.6 Å². The van der Waals surface area contributed by atoms with Gasteiger partial charge in [-0.1, -0.05) is 36.7 Å². The fourth-order valence-electron chi connectivity index (χ4n) is 1.72. The van der Waals surface area contributed by atoms with Crippen molar-refractivity contribution in [2.24, 2.45) is 0 Å². The molecule has 1 N–H and O–H groups in total. The lowest BCUT2D eigenvalue weighted by molar-refractivity contribution is 0.178. The van der Waals surface area contributed by atoms with Gasteiger partial charge >= 0.3 is 0 Å². The second kappa shape index (κ2) is 7.66. The third kappa shape index (κ3) is 4.12. The van der Waals surface area contributed by atoms with Gasteiger partial charge in [0, 0.05) is 24.6 Å². The van der Waals surface area contributed by atoms with Crippen molar-refractivity contribution in [2.75, 3.05) is 26.8 Å². The highest BCUT2D eigenvalue weighted by Gasteiger charge is 2.13. The number of rotatable bonds is 7. The van der Waals surface area contributed by atoms with Crippen LogP contribution in [0.15, 0.2) is 24.3 Å². The van der Waals surface area contributed by atoms with Crippen LogP contribution in [-0.2, 0) is 4.74 Å². The van der Waals surface area contributed by atoms with E-state index >= 15 is 0 Å². The van der Waals surface area contributed by atoms with E-state index in [-0.39, 0.29) is 0 Å². The number of benzene rings is 1. The van der Waals surface area contributed by atoms with Crippen LogP contribution in [0.25, 0.3) is 0 Å². The summed E-state index contributed by atoms with van der Waals surface area (Å²) in [4.78, 5) is 0. The summed E-state index contributed by atoms with van der Waals surface area (Å²) in [6.45, 7) is 4.80. The van der Waals surface area contributed by atoms with E-state index in [0.717, 1.165) is 30.1 Å². The number of ether oxygens (including phenoxy) is 1. The smallest absolute Gasteiger partial charge is 0.0543 e. The quantitative estimate of drug-likeness (QED) is 0.741. The highest BCUT2D eigenvalue weighted by molar-refractivity contribution is 6.31. The highest BCUT2D eigenvalue weighted by Crippen LogP contribution is 2.24. The zero-order valence-electron chi connectivity index (χ0n) is 10.0. The molecule has 0 bridgehead atoms. The third-order valence-corrected chi connectivity index (χ3v) is 2.87. The molecule has 1 rings (SSSR count). The Hall–Kier alpha value is -0.570. The standard InChI is InChI=1S/C13H20ClNO/c1-3-8-15-9-11(10-16-2)12-6-4-5-7-13(12)14/h4-7,11,15H,3,8-10H2,1-2H3. The molecule has 0 saturated carbocycles. The Labute approximate surface area is 103 Å². The van der Waals surface area contributed by atoms with Crippen LogP contribution < -0.4 is 5.32 Å². The summed E-state index contributed by atoms with van der Waals surface area (Å²) >= 11 is 6.18. The van der Waals surface area contributed by atoms with Crippen LogP contribution in [0.4, 0.5) is 0 Å². The summed E-state index contributed by atoms with van der Waals surface area (Å²) in [6, 6.07) is 7.97. The van der Waals surface area contributed by atoms with Crippen LogP contribution >= 0.6 is 11.6 Å². The van der Waals surface area contributed by atoms with Gasteiger partial charge in [0.05, 0.1) is 6.61 Å². The minimum Gasteiger partial charge on any atom is -0.384 e. The van der Waals surface area contributed by atoms with Gasteiger partial charge in [-0.05, 0) is 24.6 Å². The summed E-state index contributed by atoms with van der Waals surface area (Å²) in [6.07, 6.45) is 1.14. The Morgan fingerprint density at radius 3 is 2.75 bits per heavy atom. The van der Waals surface area contributed by atoms with Crippen LogP contribution in [0.5, 0.6) is 0 Å². The summed E-state index contributed by atoms with van der Waals surface area (Å²) in [5, 5.41) is 4.23. The van der Waals surface area contributed by atoms with Gasteiger partial charge < -0.3 is 10.1 Å². The van der Waals surface area contributed by atoms with Crippen molar-refractivity contribution in [3.8, 4) is 0 Å². The zero-order chi connectivity index (χ0) is 11.8. The summed E-state index contributed by atoms with van der Waals surface area (Å²) in [7, 11) is 1.73. The van der Waals surface area contributed by atoms with Gasteiger partial charge in [-0.25, -0.2) is 0 Å². The van der Waals surface area contributed by atoms with E-state index in [9.17, 15) is 0 Å². The third-order valence-electron chi connectivity index (χ3n) is 2.53. The van der Waals surface area contributed by atoms with E-state index in [2.05, 4.69) is 18.3 Å². The SMILES string of the molecule is CCCNCC(COC)c1ccccc1Cl. The van der Waals surface area contributed by atoms with E-state index in [1.54, 1.807) is 7.11 Å². The second-order valence-corrected chi connectivity index (χ2v) is 4.29. The molecule has 1 aromatic carbocycles. The monoisotopic (exact) mass is 241 g/mol. The number of hydrogen-bond donors (Lipinski definition) is 1. The predicted molar refractivity (Wildman–Crippen MR) is 69.2 cm³/mol. The minimum atomic E-state index is 0.324. The molecule has 90 valence electrons. The van der Waals surface area contributed by atoms with E-state index in [0.29, 0.717) is 12.5 Å². The van der Waals surface area contributed by atoms with Crippen molar-refractivity contribution in [2.45, 2.75) is 19.3 Å². The molecule has 16 heavy (non-hydrogen) atoms. The van der Waals surface area contributed by atoms with E-state index in [4.69, 9.17) is 16.3 Å². The lowest BCUT2D eigenvalue weighted by Gasteiger charge is -2.18. The molecule has 0 heterocycles. The molecular formula is C13H20ClNO. The maximum atomic E-state index is 6.18. The molecule has 1 aromatic rings. The Morgan fingerprint density at radius 1 is 1.38 bits per heavy atom.